The van der Waals surface area contributed by atoms with Crippen LogP contribution in [0.4, 0.5) is 0 Å². The Morgan fingerprint density at radius 1 is 0.549 bits per heavy atom. The second-order valence-corrected chi connectivity index (χ2v) is 14.2. The predicted molar refractivity (Wildman–Crippen MR) is 211 cm³/mol. The average Bonchev–Trinajstić information content (AvgIpc) is 3.92. The Labute approximate surface area is 295 Å². The Kier molecular flexibility index (Phi) is 5.31. The summed E-state index contributed by atoms with van der Waals surface area (Å²) < 4.78 is 9.30. The minimum Gasteiger partial charge on any atom is -0.454 e. The highest BCUT2D eigenvalue weighted by Crippen LogP contribution is 2.63. The van der Waals surface area contributed by atoms with Crippen molar-refractivity contribution < 1.29 is 4.42 Å². The van der Waals surface area contributed by atoms with Gasteiger partial charge in [-0.05, 0) is 98.8 Å². The van der Waals surface area contributed by atoms with Crippen molar-refractivity contribution in [3.05, 3.63) is 192 Å². The predicted octanol–water partition coefficient (Wildman–Crippen LogP) is 12.8. The van der Waals surface area contributed by atoms with Crippen LogP contribution in [0.2, 0.25) is 0 Å². The molecule has 2 heteroatoms. The molecule has 2 aromatic heterocycles. The molecule has 0 saturated heterocycles. The lowest BCUT2D eigenvalue weighted by atomic mass is 9.68. The number of aromatic nitrogens is 1. The highest BCUT2D eigenvalue weighted by molar-refractivity contribution is 6.26. The van der Waals surface area contributed by atoms with Crippen molar-refractivity contribution in [2.45, 2.75) is 18.3 Å². The summed E-state index contributed by atoms with van der Waals surface area (Å²) in [4.78, 5) is 0. The SMILES string of the molecule is C1=CC2=C(CC1)C1(c3ccccc32)c2ccccc2-c2cc(-n3c4ccccc4c4c(-c5ccccc5)cc5c6ccccc6oc5c43)ccc21. The fraction of sp³-hybridized carbons (Fsp3) is 0.0612. The van der Waals surface area contributed by atoms with E-state index in [0.29, 0.717) is 0 Å². The summed E-state index contributed by atoms with van der Waals surface area (Å²) >= 11 is 0. The Morgan fingerprint density at radius 2 is 1.25 bits per heavy atom. The molecule has 0 fully saturated rings. The van der Waals surface area contributed by atoms with Crippen molar-refractivity contribution in [2.75, 3.05) is 0 Å². The van der Waals surface area contributed by atoms with Gasteiger partial charge in [0.05, 0.1) is 16.4 Å². The summed E-state index contributed by atoms with van der Waals surface area (Å²) in [7, 11) is 0. The molecule has 238 valence electrons. The van der Waals surface area contributed by atoms with Gasteiger partial charge in [-0.15, -0.1) is 0 Å². The number of allylic oxidation sites excluding steroid dienone is 4. The van der Waals surface area contributed by atoms with Crippen LogP contribution in [-0.2, 0) is 5.41 Å². The maximum Gasteiger partial charge on any atom is 0.160 e. The molecule has 3 aliphatic rings. The van der Waals surface area contributed by atoms with Crippen LogP contribution >= 0.6 is 0 Å². The Bertz CT molecular complexity index is 3020. The van der Waals surface area contributed by atoms with Gasteiger partial charge >= 0.3 is 0 Å². The lowest BCUT2D eigenvalue weighted by Gasteiger charge is -2.33. The van der Waals surface area contributed by atoms with Crippen LogP contribution in [0.5, 0.6) is 0 Å². The number of nitrogens with zero attached hydrogens (tertiary/aromatic N) is 1. The first-order valence-electron chi connectivity index (χ1n) is 18.0. The summed E-state index contributed by atoms with van der Waals surface area (Å²) in [6, 6.07) is 56.0. The molecule has 12 rings (SSSR count). The quantitative estimate of drug-likeness (QED) is 0.182. The molecule has 2 nitrogen and oxygen atoms in total. The van der Waals surface area contributed by atoms with E-state index < -0.39 is 0 Å². The van der Waals surface area contributed by atoms with E-state index in [9.17, 15) is 0 Å². The molecule has 1 atom stereocenters. The summed E-state index contributed by atoms with van der Waals surface area (Å²) in [6.45, 7) is 0. The van der Waals surface area contributed by atoms with Crippen molar-refractivity contribution in [1.82, 2.24) is 4.57 Å². The van der Waals surface area contributed by atoms with E-state index in [1.807, 2.05) is 0 Å². The molecule has 9 aromatic rings. The molecule has 0 radical (unpaired) electrons. The van der Waals surface area contributed by atoms with Crippen molar-refractivity contribution in [3.63, 3.8) is 0 Å². The van der Waals surface area contributed by atoms with Gasteiger partial charge in [-0.1, -0.05) is 133 Å². The summed E-state index contributed by atoms with van der Waals surface area (Å²) in [6.07, 6.45) is 6.87. The molecule has 51 heavy (non-hydrogen) atoms. The molecule has 0 aliphatic heterocycles. The van der Waals surface area contributed by atoms with E-state index in [4.69, 9.17) is 4.42 Å². The minimum absolute atomic E-state index is 0.283. The van der Waals surface area contributed by atoms with E-state index in [1.54, 1.807) is 5.57 Å². The number of fused-ring (bicyclic) bond motifs is 16. The monoisotopic (exact) mass is 649 g/mol. The Morgan fingerprint density at radius 3 is 2.14 bits per heavy atom. The van der Waals surface area contributed by atoms with E-state index in [1.165, 1.54) is 66.4 Å². The van der Waals surface area contributed by atoms with Crippen LogP contribution in [0.25, 0.3) is 77.3 Å². The molecule has 7 aromatic carbocycles. The Hall–Kier alpha value is -6.38. The smallest absolute Gasteiger partial charge is 0.160 e. The van der Waals surface area contributed by atoms with Gasteiger partial charge in [0.1, 0.15) is 5.58 Å². The fourth-order valence-corrected chi connectivity index (χ4v) is 9.98. The third kappa shape index (κ3) is 3.38. The first kappa shape index (κ1) is 27.4. The van der Waals surface area contributed by atoms with Gasteiger partial charge in [-0.2, -0.15) is 0 Å². The van der Waals surface area contributed by atoms with Gasteiger partial charge < -0.3 is 8.98 Å². The molecule has 3 aliphatic carbocycles. The van der Waals surface area contributed by atoms with E-state index >= 15 is 0 Å². The fourth-order valence-electron chi connectivity index (χ4n) is 9.98. The summed E-state index contributed by atoms with van der Waals surface area (Å²) in [5.41, 5.74) is 18.6. The molecular weight excluding hydrogens is 619 g/mol. The van der Waals surface area contributed by atoms with Crippen LogP contribution in [-0.4, -0.2) is 4.57 Å². The van der Waals surface area contributed by atoms with Crippen LogP contribution in [0, 0.1) is 0 Å². The topological polar surface area (TPSA) is 18.1 Å². The molecule has 0 amide bonds. The van der Waals surface area contributed by atoms with E-state index in [2.05, 4.69) is 168 Å². The largest absolute Gasteiger partial charge is 0.454 e. The van der Waals surface area contributed by atoms with Gasteiger partial charge in [-0.25, -0.2) is 0 Å². The zero-order chi connectivity index (χ0) is 33.3. The highest BCUT2D eigenvalue weighted by atomic mass is 16.3. The zero-order valence-electron chi connectivity index (χ0n) is 27.9. The average molecular weight is 650 g/mol. The van der Waals surface area contributed by atoms with Crippen molar-refractivity contribution in [2.24, 2.45) is 0 Å². The number of rotatable bonds is 2. The van der Waals surface area contributed by atoms with Crippen LogP contribution in [0.3, 0.4) is 0 Å². The number of furan rings is 1. The van der Waals surface area contributed by atoms with E-state index in [-0.39, 0.29) is 5.41 Å². The summed E-state index contributed by atoms with van der Waals surface area (Å²) in [5, 5.41) is 4.71. The lowest BCUT2D eigenvalue weighted by Crippen LogP contribution is -2.27. The van der Waals surface area contributed by atoms with Crippen LogP contribution < -0.4 is 0 Å². The minimum atomic E-state index is -0.283. The zero-order valence-corrected chi connectivity index (χ0v) is 27.9. The molecule has 0 N–H and O–H groups in total. The lowest BCUT2D eigenvalue weighted by molar-refractivity contribution is 0.671. The number of hydrogen-bond acceptors (Lipinski definition) is 1. The number of benzene rings is 7. The normalized spacial score (nSPS) is 17.2. The van der Waals surface area contributed by atoms with Gasteiger partial charge in [0.2, 0.25) is 0 Å². The first-order chi connectivity index (χ1) is 25.3. The molecule has 0 saturated carbocycles. The molecule has 0 bridgehead atoms. The number of hydrogen-bond donors (Lipinski definition) is 0. The van der Waals surface area contributed by atoms with Crippen LogP contribution in [0.15, 0.2) is 174 Å². The molecule has 1 unspecified atom stereocenters. The van der Waals surface area contributed by atoms with Gasteiger partial charge in [-0.3, -0.25) is 0 Å². The van der Waals surface area contributed by atoms with Crippen LogP contribution in [0.1, 0.15) is 35.1 Å². The van der Waals surface area contributed by atoms with Crippen molar-refractivity contribution >= 4 is 49.3 Å². The number of para-hydroxylation sites is 2. The summed E-state index contributed by atoms with van der Waals surface area (Å²) in [5.74, 6) is 0. The van der Waals surface area contributed by atoms with Crippen molar-refractivity contribution in [1.29, 1.82) is 0 Å². The van der Waals surface area contributed by atoms with Gasteiger partial charge in [0.25, 0.3) is 0 Å². The third-order valence-electron chi connectivity index (χ3n) is 11.9. The molecule has 2 heterocycles. The molecule has 1 spiro atoms. The van der Waals surface area contributed by atoms with Gasteiger partial charge in [0, 0.05) is 27.2 Å². The third-order valence-corrected chi connectivity index (χ3v) is 11.9. The first-order valence-corrected chi connectivity index (χ1v) is 18.0. The maximum atomic E-state index is 6.84. The van der Waals surface area contributed by atoms with E-state index in [0.717, 1.165) is 46.0 Å². The Balaban J connectivity index is 1.21. The highest BCUT2D eigenvalue weighted by Gasteiger charge is 2.52. The molecular formula is C49H31NO. The second kappa shape index (κ2) is 9.87. The van der Waals surface area contributed by atoms with Crippen molar-refractivity contribution in [3.8, 4) is 27.9 Å². The second-order valence-electron chi connectivity index (χ2n) is 14.2. The standard InChI is InChI=1S/C49H31NO/c1-2-14-30(15-3-1)37-29-39-35-19-8-13-25-45(35)51-48(39)47-46(37)36-20-7-12-24-44(36)50(47)31-26-27-43-38(28-31)34-18-6-11-23-42(34)49(43)40-21-9-4-16-32(40)33-17-5-10-22-41(33)49/h1-9,11-21,23-29H,10,22H2. The maximum absolute atomic E-state index is 6.84. The van der Waals surface area contributed by atoms with Gasteiger partial charge in [0.15, 0.2) is 5.58 Å².